The first-order valence-electron chi connectivity index (χ1n) is 11.1. The molecule has 0 spiro atoms. The lowest BCUT2D eigenvalue weighted by molar-refractivity contribution is 0.0714. The van der Waals surface area contributed by atoms with Gasteiger partial charge in [-0.05, 0) is 53.4 Å². The first-order valence-corrected chi connectivity index (χ1v) is 11.1. The van der Waals surface area contributed by atoms with Gasteiger partial charge in [-0.15, -0.1) is 0 Å². The molecule has 2 aromatic heterocycles. The van der Waals surface area contributed by atoms with Crippen molar-refractivity contribution in [3.63, 3.8) is 0 Å². The third-order valence-corrected chi connectivity index (χ3v) is 5.97. The number of amides is 2. The molecule has 7 nitrogen and oxygen atoms in total. The van der Waals surface area contributed by atoms with E-state index in [4.69, 9.17) is 4.42 Å². The van der Waals surface area contributed by atoms with Gasteiger partial charge < -0.3 is 19.5 Å². The van der Waals surface area contributed by atoms with Crippen LogP contribution in [0, 0.1) is 5.82 Å². The molecule has 0 aliphatic carbocycles. The number of benzene rings is 2. The molecular formula is C26H23FN4O3. The molecule has 4 aromatic rings. The average Bonchev–Trinajstić information content (AvgIpc) is 3.42. The van der Waals surface area contributed by atoms with Crippen LogP contribution in [-0.4, -0.2) is 47.9 Å². The summed E-state index contributed by atoms with van der Waals surface area (Å²) >= 11 is 0. The molecule has 5 rings (SSSR count). The van der Waals surface area contributed by atoms with Crippen LogP contribution in [0.4, 0.5) is 10.2 Å². The molecule has 172 valence electrons. The van der Waals surface area contributed by atoms with E-state index < -0.39 is 0 Å². The third kappa shape index (κ3) is 4.47. The van der Waals surface area contributed by atoms with Gasteiger partial charge in [-0.3, -0.25) is 9.59 Å². The minimum absolute atomic E-state index is 0.115. The van der Waals surface area contributed by atoms with E-state index in [9.17, 15) is 14.0 Å². The Kier molecular flexibility index (Phi) is 5.95. The van der Waals surface area contributed by atoms with Gasteiger partial charge in [-0.2, -0.15) is 0 Å². The van der Waals surface area contributed by atoms with Crippen molar-refractivity contribution in [3.8, 4) is 0 Å². The van der Waals surface area contributed by atoms with Gasteiger partial charge in [0.15, 0.2) is 5.76 Å². The zero-order valence-electron chi connectivity index (χ0n) is 18.4. The van der Waals surface area contributed by atoms with Crippen molar-refractivity contribution in [2.45, 2.75) is 6.54 Å². The Morgan fingerprint density at radius 1 is 1.00 bits per heavy atom. The molecule has 1 N–H and O–H groups in total. The molecule has 2 amide bonds. The van der Waals surface area contributed by atoms with Crippen LogP contribution in [0.3, 0.4) is 0 Å². The van der Waals surface area contributed by atoms with E-state index in [0.717, 1.165) is 22.2 Å². The molecule has 34 heavy (non-hydrogen) atoms. The van der Waals surface area contributed by atoms with Crippen LogP contribution >= 0.6 is 0 Å². The second-order valence-electron chi connectivity index (χ2n) is 8.14. The number of aromatic nitrogens is 1. The Balaban J connectivity index is 1.30. The number of pyridine rings is 1. The lowest BCUT2D eigenvalue weighted by atomic mass is 10.1. The summed E-state index contributed by atoms with van der Waals surface area (Å²) in [7, 11) is 0. The SMILES string of the molecule is O=C(NCc1ccc(F)cc1)c1ccc2ccnc(N3CCN(C(=O)c4ccco4)CC3)c2c1. The number of halogens is 1. The molecule has 0 unspecified atom stereocenters. The van der Waals surface area contributed by atoms with Crippen molar-refractivity contribution in [3.05, 3.63) is 95.8 Å². The van der Waals surface area contributed by atoms with Crippen molar-refractivity contribution in [1.82, 2.24) is 15.2 Å². The van der Waals surface area contributed by atoms with E-state index in [2.05, 4.69) is 15.2 Å². The van der Waals surface area contributed by atoms with Crippen LogP contribution in [0.15, 0.2) is 77.5 Å². The highest BCUT2D eigenvalue weighted by Gasteiger charge is 2.25. The number of nitrogens with one attached hydrogen (secondary N) is 1. The van der Waals surface area contributed by atoms with Crippen LogP contribution in [-0.2, 0) is 6.54 Å². The smallest absolute Gasteiger partial charge is 0.289 e. The Morgan fingerprint density at radius 2 is 1.79 bits per heavy atom. The fourth-order valence-electron chi connectivity index (χ4n) is 4.11. The molecule has 0 bridgehead atoms. The van der Waals surface area contributed by atoms with Gasteiger partial charge in [-0.1, -0.05) is 18.2 Å². The Morgan fingerprint density at radius 3 is 2.53 bits per heavy atom. The lowest BCUT2D eigenvalue weighted by Gasteiger charge is -2.35. The van der Waals surface area contributed by atoms with Crippen LogP contribution in [0.25, 0.3) is 10.8 Å². The fourth-order valence-corrected chi connectivity index (χ4v) is 4.11. The molecule has 1 aliphatic heterocycles. The second-order valence-corrected chi connectivity index (χ2v) is 8.14. The molecule has 3 heterocycles. The van der Waals surface area contributed by atoms with E-state index in [0.29, 0.717) is 44.0 Å². The van der Waals surface area contributed by atoms with Gasteiger partial charge in [0.25, 0.3) is 11.8 Å². The Labute approximate surface area is 195 Å². The quantitative estimate of drug-likeness (QED) is 0.491. The third-order valence-electron chi connectivity index (χ3n) is 5.97. The predicted octanol–water partition coefficient (Wildman–Crippen LogP) is 3.86. The molecule has 1 saturated heterocycles. The fraction of sp³-hybridized carbons (Fsp3) is 0.192. The number of piperazine rings is 1. The summed E-state index contributed by atoms with van der Waals surface area (Å²) < 4.78 is 18.3. The number of hydrogen-bond donors (Lipinski definition) is 1. The largest absolute Gasteiger partial charge is 0.459 e. The van der Waals surface area contributed by atoms with Gasteiger partial charge in [0.05, 0.1) is 6.26 Å². The van der Waals surface area contributed by atoms with Crippen LogP contribution in [0.2, 0.25) is 0 Å². The number of carbonyl (C=O) groups is 2. The summed E-state index contributed by atoms with van der Waals surface area (Å²) in [5.41, 5.74) is 1.34. The van der Waals surface area contributed by atoms with Crippen LogP contribution in [0.1, 0.15) is 26.5 Å². The molecule has 8 heteroatoms. The summed E-state index contributed by atoms with van der Waals surface area (Å²) in [4.78, 5) is 33.8. The molecular weight excluding hydrogens is 435 g/mol. The predicted molar refractivity (Wildman–Crippen MR) is 126 cm³/mol. The maximum atomic E-state index is 13.1. The topological polar surface area (TPSA) is 78.7 Å². The lowest BCUT2D eigenvalue weighted by Crippen LogP contribution is -2.49. The van der Waals surface area contributed by atoms with E-state index >= 15 is 0 Å². The zero-order valence-corrected chi connectivity index (χ0v) is 18.4. The van der Waals surface area contributed by atoms with E-state index in [1.54, 1.807) is 41.4 Å². The summed E-state index contributed by atoms with van der Waals surface area (Å²) in [6.45, 7) is 2.66. The number of hydrogen-bond acceptors (Lipinski definition) is 5. The minimum Gasteiger partial charge on any atom is -0.459 e. The van der Waals surface area contributed by atoms with Gasteiger partial charge in [-0.25, -0.2) is 9.37 Å². The van der Waals surface area contributed by atoms with E-state index in [-0.39, 0.29) is 17.6 Å². The van der Waals surface area contributed by atoms with Crippen molar-refractivity contribution in [2.24, 2.45) is 0 Å². The summed E-state index contributed by atoms with van der Waals surface area (Å²) in [5.74, 6) is 0.491. The highest BCUT2D eigenvalue weighted by molar-refractivity contribution is 6.01. The molecule has 0 radical (unpaired) electrons. The van der Waals surface area contributed by atoms with Crippen LogP contribution in [0.5, 0.6) is 0 Å². The molecule has 0 saturated carbocycles. The van der Waals surface area contributed by atoms with Crippen molar-refractivity contribution in [1.29, 1.82) is 0 Å². The van der Waals surface area contributed by atoms with E-state index in [1.807, 2.05) is 18.2 Å². The number of furan rings is 1. The number of fused-ring (bicyclic) bond motifs is 1. The molecule has 1 aliphatic rings. The zero-order chi connectivity index (χ0) is 23.5. The molecule has 0 atom stereocenters. The van der Waals surface area contributed by atoms with Crippen molar-refractivity contribution < 1.29 is 18.4 Å². The maximum Gasteiger partial charge on any atom is 0.289 e. The number of nitrogens with zero attached hydrogens (tertiary/aromatic N) is 3. The number of anilines is 1. The molecule has 2 aromatic carbocycles. The normalized spacial score (nSPS) is 13.8. The van der Waals surface area contributed by atoms with Gasteiger partial charge >= 0.3 is 0 Å². The summed E-state index contributed by atoms with van der Waals surface area (Å²) in [6.07, 6.45) is 3.25. The summed E-state index contributed by atoms with van der Waals surface area (Å²) in [6, 6.07) is 16.9. The van der Waals surface area contributed by atoms with Gasteiger partial charge in [0, 0.05) is 49.9 Å². The standard InChI is InChI=1S/C26H23FN4O3/c27-21-7-3-18(4-8-21)17-29-25(32)20-6-5-19-9-10-28-24(22(19)16-20)30-11-13-31(14-12-30)26(33)23-2-1-15-34-23/h1-10,15-16H,11-14,17H2,(H,29,32). The maximum absolute atomic E-state index is 13.1. The van der Waals surface area contributed by atoms with Crippen LogP contribution < -0.4 is 10.2 Å². The summed E-state index contributed by atoms with van der Waals surface area (Å²) in [5, 5.41) is 4.74. The van der Waals surface area contributed by atoms with Gasteiger partial charge in [0.1, 0.15) is 11.6 Å². The monoisotopic (exact) mass is 458 g/mol. The van der Waals surface area contributed by atoms with Crippen molar-refractivity contribution >= 4 is 28.4 Å². The Hall–Kier alpha value is -4.20. The number of carbonyl (C=O) groups excluding carboxylic acids is 2. The second kappa shape index (κ2) is 9.35. The van der Waals surface area contributed by atoms with E-state index in [1.165, 1.54) is 18.4 Å². The Bertz CT molecular complexity index is 1310. The highest BCUT2D eigenvalue weighted by Crippen LogP contribution is 2.27. The van der Waals surface area contributed by atoms with Gasteiger partial charge in [0.2, 0.25) is 0 Å². The molecule has 1 fully saturated rings. The minimum atomic E-state index is -0.309. The first-order chi connectivity index (χ1) is 16.6. The number of rotatable bonds is 5. The highest BCUT2D eigenvalue weighted by atomic mass is 19.1. The van der Waals surface area contributed by atoms with Crippen molar-refractivity contribution in [2.75, 3.05) is 31.1 Å². The first kappa shape index (κ1) is 21.6. The average molecular weight is 458 g/mol.